The lowest BCUT2D eigenvalue weighted by Gasteiger charge is -2.20. The molecule has 3 N–H and O–H groups in total. The summed E-state index contributed by atoms with van der Waals surface area (Å²) in [5.74, 6) is -0.387. The van der Waals surface area contributed by atoms with Crippen LogP contribution in [0.15, 0.2) is 42.5 Å². The normalized spacial score (nSPS) is 12.2. The second kappa shape index (κ2) is 6.24. The van der Waals surface area contributed by atoms with Gasteiger partial charge in [-0.15, -0.1) is 0 Å². The van der Waals surface area contributed by atoms with Crippen LogP contribution in [0, 0.1) is 5.82 Å². The van der Waals surface area contributed by atoms with E-state index in [4.69, 9.17) is 28.9 Å². The number of anilines is 1. The summed E-state index contributed by atoms with van der Waals surface area (Å²) in [4.78, 5) is 0. The van der Waals surface area contributed by atoms with Crippen molar-refractivity contribution in [3.63, 3.8) is 0 Å². The molecule has 0 aliphatic rings. The Morgan fingerprint density at radius 3 is 2.53 bits per heavy atom. The molecule has 2 nitrogen and oxygen atoms in total. The summed E-state index contributed by atoms with van der Waals surface area (Å²) in [5, 5.41) is 4.05. The van der Waals surface area contributed by atoms with Gasteiger partial charge in [-0.05, 0) is 24.3 Å². The molecule has 19 heavy (non-hydrogen) atoms. The minimum Gasteiger partial charge on any atom is -0.376 e. The van der Waals surface area contributed by atoms with Gasteiger partial charge in [0, 0.05) is 17.1 Å². The van der Waals surface area contributed by atoms with Gasteiger partial charge >= 0.3 is 0 Å². The lowest BCUT2D eigenvalue weighted by Crippen LogP contribution is -2.21. The van der Waals surface area contributed by atoms with Gasteiger partial charge in [0.15, 0.2) is 0 Å². The van der Waals surface area contributed by atoms with Gasteiger partial charge in [0.2, 0.25) is 0 Å². The standard InChI is InChI=1S/C14H13Cl2FN2/c15-9-5-6-10(12(17)7-9)14(8-18)19-13-4-2-1-3-11(13)16/h1-7,14,19H,8,18H2. The molecule has 1 unspecified atom stereocenters. The maximum atomic E-state index is 13.9. The van der Waals surface area contributed by atoms with E-state index in [0.717, 1.165) is 0 Å². The molecule has 0 saturated heterocycles. The van der Waals surface area contributed by atoms with E-state index in [0.29, 0.717) is 21.3 Å². The van der Waals surface area contributed by atoms with Crippen LogP contribution in [-0.2, 0) is 0 Å². The molecular formula is C14H13Cl2FN2. The summed E-state index contributed by atoms with van der Waals surface area (Å²) in [6, 6.07) is 11.4. The summed E-state index contributed by atoms with van der Waals surface area (Å²) in [7, 11) is 0. The first-order valence-electron chi connectivity index (χ1n) is 5.78. The summed E-state index contributed by atoms with van der Waals surface area (Å²) >= 11 is 11.8. The summed E-state index contributed by atoms with van der Waals surface area (Å²) in [6.45, 7) is 0.240. The van der Waals surface area contributed by atoms with Gasteiger partial charge in [-0.3, -0.25) is 0 Å². The zero-order valence-corrected chi connectivity index (χ0v) is 11.5. The molecule has 0 amide bonds. The van der Waals surface area contributed by atoms with Crippen molar-refractivity contribution in [2.24, 2.45) is 5.73 Å². The first kappa shape index (κ1) is 14.1. The van der Waals surface area contributed by atoms with Gasteiger partial charge in [-0.2, -0.15) is 0 Å². The molecular weight excluding hydrogens is 286 g/mol. The number of rotatable bonds is 4. The Morgan fingerprint density at radius 1 is 1.16 bits per heavy atom. The van der Waals surface area contributed by atoms with Crippen molar-refractivity contribution in [1.29, 1.82) is 0 Å². The Morgan fingerprint density at radius 2 is 1.89 bits per heavy atom. The van der Waals surface area contributed by atoms with E-state index in [1.165, 1.54) is 6.07 Å². The summed E-state index contributed by atoms with van der Waals surface area (Å²) < 4.78 is 13.9. The van der Waals surface area contributed by atoms with Crippen LogP contribution >= 0.6 is 23.2 Å². The van der Waals surface area contributed by atoms with Gasteiger partial charge < -0.3 is 11.1 Å². The number of hydrogen-bond donors (Lipinski definition) is 2. The molecule has 0 fully saturated rings. The van der Waals surface area contributed by atoms with Crippen LogP contribution in [0.1, 0.15) is 11.6 Å². The molecule has 2 rings (SSSR count). The number of hydrogen-bond acceptors (Lipinski definition) is 2. The van der Waals surface area contributed by atoms with E-state index in [-0.39, 0.29) is 18.4 Å². The molecule has 0 aliphatic heterocycles. The highest BCUT2D eigenvalue weighted by Crippen LogP contribution is 2.27. The van der Waals surface area contributed by atoms with E-state index in [9.17, 15) is 4.39 Å². The Hall–Kier alpha value is -1.29. The molecule has 5 heteroatoms. The maximum absolute atomic E-state index is 13.9. The Balaban J connectivity index is 2.28. The third kappa shape index (κ3) is 3.38. The highest BCUT2D eigenvalue weighted by molar-refractivity contribution is 6.33. The molecule has 100 valence electrons. The van der Waals surface area contributed by atoms with Gasteiger partial charge in [0.25, 0.3) is 0 Å². The SMILES string of the molecule is NCC(Nc1ccccc1Cl)c1ccc(Cl)cc1F. The fraction of sp³-hybridized carbons (Fsp3) is 0.143. The molecule has 2 aromatic carbocycles. The second-order valence-electron chi connectivity index (χ2n) is 4.08. The fourth-order valence-corrected chi connectivity index (χ4v) is 2.16. The topological polar surface area (TPSA) is 38.0 Å². The lowest BCUT2D eigenvalue weighted by atomic mass is 10.1. The predicted molar refractivity (Wildman–Crippen MR) is 78.3 cm³/mol. The van der Waals surface area contributed by atoms with Crippen LogP contribution in [0.4, 0.5) is 10.1 Å². The molecule has 0 aliphatic carbocycles. The third-order valence-electron chi connectivity index (χ3n) is 2.78. The Kier molecular flexibility index (Phi) is 4.64. The van der Waals surface area contributed by atoms with E-state index in [1.807, 2.05) is 18.2 Å². The molecule has 0 saturated carbocycles. The highest BCUT2D eigenvalue weighted by Gasteiger charge is 2.15. The molecule has 0 heterocycles. The predicted octanol–water partition coefficient (Wildman–Crippen LogP) is 4.24. The quantitative estimate of drug-likeness (QED) is 0.886. The highest BCUT2D eigenvalue weighted by atomic mass is 35.5. The smallest absolute Gasteiger partial charge is 0.130 e. The molecule has 0 aromatic heterocycles. The molecule has 0 radical (unpaired) electrons. The molecule has 0 spiro atoms. The first-order valence-corrected chi connectivity index (χ1v) is 6.53. The molecule has 2 aromatic rings. The minimum atomic E-state index is -0.387. The van der Waals surface area contributed by atoms with Gasteiger partial charge in [-0.25, -0.2) is 4.39 Å². The number of para-hydroxylation sites is 1. The summed E-state index contributed by atoms with van der Waals surface area (Å²) in [5.41, 5.74) is 6.89. The second-order valence-corrected chi connectivity index (χ2v) is 4.92. The Bertz CT molecular complexity index is 575. The average molecular weight is 299 g/mol. The molecule has 0 bridgehead atoms. The van der Waals surface area contributed by atoms with Crippen LogP contribution < -0.4 is 11.1 Å². The third-order valence-corrected chi connectivity index (χ3v) is 3.34. The van der Waals surface area contributed by atoms with Gasteiger partial charge in [0.05, 0.1) is 16.8 Å². The van der Waals surface area contributed by atoms with Crippen molar-refractivity contribution < 1.29 is 4.39 Å². The van der Waals surface area contributed by atoms with Crippen LogP contribution in [0.2, 0.25) is 10.0 Å². The van der Waals surface area contributed by atoms with Gasteiger partial charge in [-0.1, -0.05) is 41.4 Å². The summed E-state index contributed by atoms with van der Waals surface area (Å²) in [6.07, 6.45) is 0. The van der Waals surface area contributed by atoms with Crippen molar-refractivity contribution in [2.75, 3.05) is 11.9 Å². The van der Waals surface area contributed by atoms with Crippen LogP contribution in [0.25, 0.3) is 0 Å². The fourth-order valence-electron chi connectivity index (χ4n) is 1.81. The maximum Gasteiger partial charge on any atom is 0.130 e. The van der Waals surface area contributed by atoms with Crippen molar-refractivity contribution in [3.8, 4) is 0 Å². The monoisotopic (exact) mass is 298 g/mol. The zero-order valence-electron chi connectivity index (χ0n) is 10.0. The van der Waals surface area contributed by atoms with Crippen LogP contribution in [-0.4, -0.2) is 6.54 Å². The van der Waals surface area contributed by atoms with E-state index in [2.05, 4.69) is 5.32 Å². The van der Waals surface area contributed by atoms with Gasteiger partial charge in [0.1, 0.15) is 5.82 Å². The van der Waals surface area contributed by atoms with E-state index in [1.54, 1.807) is 18.2 Å². The minimum absolute atomic E-state index is 0.240. The first-order chi connectivity index (χ1) is 9.11. The van der Waals surface area contributed by atoms with Crippen molar-refractivity contribution in [1.82, 2.24) is 0 Å². The zero-order chi connectivity index (χ0) is 13.8. The van der Waals surface area contributed by atoms with Crippen molar-refractivity contribution >= 4 is 28.9 Å². The van der Waals surface area contributed by atoms with E-state index < -0.39 is 0 Å². The van der Waals surface area contributed by atoms with Crippen LogP contribution in [0.5, 0.6) is 0 Å². The largest absolute Gasteiger partial charge is 0.376 e. The lowest BCUT2D eigenvalue weighted by molar-refractivity contribution is 0.593. The number of nitrogens with two attached hydrogens (primary N) is 1. The Labute approximate surface area is 121 Å². The number of halogens is 3. The van der Waals surface area contributed by atoms with Crippen molar-refractivity contribution in [3.05, 3.63) is 63.9 Å². The number of nitrogens with one attached hydrogen (secondary N) is 1. The van der Waals surface area contributed by atoms with Crippen LogP contribution in [0.3, 0.4) is 0 Å². The average Bonchev–Trinajstić information content (AvgIpc) is 2.39. The number of benzene rings is 2. The van der Waals surface area contributed by atoms with Crippen molar-refractivity contribution in [2.45, 2.75) is 6.04 Å². The van der Waals surface area contributed by atoms with E-state index >= 15 is 0 Å². The molecule has 1 atom stereocenters.